The normalized spacial score (nSPS) is 11.6. The van der Waals surface area contributed by atoms with Crippen molar-refractivity contribution in [3.05, 3.63) is 32.4 Å². The lowest BCUT2D eigenvalue weighted by Crippen LogP contribution is -2.34. The standard InChI is InChI=1S/C13H13ClINO/c1-3-5-10(4-2)16-13(17)9-6-7-12(15)11(14)8-9/h1,6-8,10H,4-5H2,2H3,(H,16,17). The van der Waals surface area contributed by atoms with Crippen molar-refractivity contribution in [2.75, 3.05) is 0 Å². The molecule has 0 aromatic heterocycles. The molecule has 17 heavy (non-hydrogen) atoms. The summed E-state index contributed by atoms with van der Waals surface area (Å²) in [4.78, 5) is 11.9. The molecule has 1 rings (SSSR count). The fourth-order valence-corrected chi connectivity index (χ4v) is 1.86. The van der Waals surface area contributed by atoms with E-state index in [-0.39, 0.29) is 11.9 Å². The van der Waals surface area contributed by atoms with Crippen molar-refractivity contribution < 1.29 is 4.79 Å². The second-order valence-corrected chi connectivity index (χ2v) is 5.19. The third kappa shape index (κ3) is 4.21. The fourth-order valence-electron chi connectivity index (χ4n) is 1.35. The van der Waals surface area contributed by atoms with Gasteiger partial charge in [-0.3, -0.25) is 4.79 Å². The first kappa shape index (κ1) is 14.3. The van der Waals surface area contributed by atoms with Gasteiger partial charge in [0.2, 0.25) is 0 Å². The van der Waals surface area contributed by atoms with E-state index in [0.717, 1.165) is 9.99 Å². The molecule has 0 aliphatic heterocycles. The number of carbonyl (C=O) groups excluding carboxylic acids is 1. The number of nitrogens with one attached hydrogen (secondary N) is 1. The SMILES string of the molecule is C#CCC(CC)NC(=O)c1ccc(I)c(Cl)c1. The summed E-state index contributed by atoms with van der Waals surface area (Å²) in [6.07, 6.45) is 6.60. The topological polar surface area (TPSA) is 29.1 Å². The summed E-state index contributed by atoms with van der Waals surface area (Å²) in [5.41, 5.74) is 0.561. The highest BCUT2D eigenvalue weighted by atomic mass is 127. The number of amides is 1. The van der Waals surface area contributed by atoms with Crippen molar-refractivity contribution in [2.24, 2.45) is 0 Å². The largest absolute Gasteiger partial charge is 0.348 e. The second-order valence-electron chi connectivity index (χ2n) is 3.62. The van der Waals surface area contributed by atoms with Crippen LogP contribution in [-0.2, 0) is 0 Å². The Morgan fingerprint density at radius 3 is 2.88 bits per heavy atom. The van der Waals surface area contributed by atoms with Crippen LogP contribution >= 0.6 is 34.2 Å². The maximum atomic E-state index is 11.9. The highest BCUT2D eigenvalue weighted by Gasteiger charge is 2.12. The summed E-state index contributed by atoms with van der Waals surface area (Å²) in [5.74, 6) is 2.42. The van der Waals surface area contributed by atoms with Crippen LogP contribution in [-0.4, -0.2) is 11.9 Å². The van der Waals surface area contributed by atoms with E-state index in [1.807, 2.05) is 13.0 Å². The first-order chi connectivity index (χ1) is 8.08. The van der Waals surface area contributed by atoms with E-state index in [1.165, 1.54) is 0 Å². The molecule has 0 radical (unpaired) electrons. The predicted molar refractivity (Wildman–Crippen MR) is 79.2 cm³/mol. The molecule has 0 saturated carbocycles. The molecule has 1 unspecified atom stereocenters. The summed E-state index contributed by atoms with van der Waals surface area (Å²) in [7, 11) is 0. The average molecular weight is 362 g/mol. The number of rotatable bonds is 4. The third-order valence-electron chi connectivity index (χ3n) is 2.37. The number of hydrogen-bond acceptors (Lipinski definition) is 1. The van der Waals surface area contributed by atoms with Crippen molar-refractivity contribution in [1.29, 1.82) is 0 Å². The van der Waals surface area contributed by atoms with Crippen LogP contribution in [0.4, 0.5) is 0 Å². The molecular formula is C13H13ClINO. The summed E-state index contributed by atoms with van der Waals surface area (Å²) in [6.45, 7) is 1.99. The molecule has 4 heteroatoms. The summed E-state index contributed by atoms with van der Waals surface area (Å²) in [6, 6.07) is 5.26. The van der Waals surface area contributed by atoms with Gasteiger partial charge in [0, 0.05) is 21.6 Å². The minimum atomic E-state index is -0.134. The Kier molecular flexibility index (Phi) is 5.79. The molecule has 1 aromatic rings. The molecule has 0 bridgehead atoms. The number of carbonyl (C=O) groups is 1. The zero-order chi connectivity index (χ0) is 12.8. The highest BCUT2D eigenvalue weighted by Crippen LogP contribution is 2.19. The number of halogens is 2. The Hall–Kier alpha value is -0.730. The highest BCUT2D eigenvalue weighted by molar-refractivity contribution is 14.1. The van der Waals surface area contributed by atoms with Crippen LogP contribution in [0.15, 0.2) is 18.2 Å². The summed E-state index contributed by atoms with van der Waals surface area (Å²) in [5, 5.41) is 3.47. The minimum absolute atomic E-state index is 0.0190. The smallest absolute Gasteiger partial charge is 0.251 e. The molecule has 2 nitrogen and oxygen atoms in total. The molecular weight excluding hydrogens is 349 g/mol. The van der Waals surface area contributed by atoms with Crippen LogP contribution in [0.2, 0.25) is 5.02 Å². The molecule has 1 atom stereocenters. The van der Waals surface area contributed by atoms with E-state index < -0.39 is 0 Å². The van der Waals surface area contributed by atoms with E-state index in [1.54, 1.807) is 12.1 Å². The van der Waals surface area contributed by atoms with Crippen molar-refractivity contribution in [3.8, 4) is 12.3 Å². The van der Waals surface area contributed by atoms with E-state index in [2.05, 4.69) is 33.8 Å². The maximum absolute atomic E-state index is 11.9. The lowest BCUT2D eigenvalue weighted by molar-refractivity contribution is 0.0936. The van der Waals surface area contributed by atoms with Crippen LogP contribution < -0.4 is 5.32 Å². The van der Waals surface area contributed by atoms with Crippen molar-refractivity contribution in [2.45, 2.75) is 25.8 Å². The van der Waals surface area contributed by atoms with Gasteiger partial charge in [-0.2, -0.15) is 0 Å². The molecule has 90 valence electrons. The van der Waals surface area contributed by atoms with E-state index in [9.17, 15) is 4.79 Å². The molecule has 1 amide bonds. The van der Waals surface area contributed by atoms with Gasteiger partial charge in [0.05, 0.1) is 5.02 Å². The predicted octanol–water partition coefficient (Wildman–Crippen LogP) is 3.48. The minimum Gasteiger partial charge on any atom is -0.348 e. The summed E-state index contributed by atoms with van der Waals surface area (Å²) >= 11 is 8.09. The van der Waals surface area contributed by atoms with Crippen LogP contribution in [0, 0.1) is 15.9 Å². The zero-order valence-electron chi connectivity index (χ0n) is 9.47. The Morgan fingerprint density at radius 1 is 1.65 bits per heavy atom. The molecule has 0 fully saturated rings. The van der Waals surface area contributed by atoms with Gasteiger partial charge in [0.15, 0.2) is 0 Å². The quantitative estimate of drug-likeness (QED) is 0.646. The van der Waals surface area contributed by atoms with Gasteiger partial charge in [-0.25, -0.2) is 0 Å². The van der Waals surface area contributed by atoms with Crippen LogP contribution in [0.5, 0.6) is 0 Å². The van der Waals surface area contributed by atoms with Gasteiger partial charge in [-0.15, -0.1) is 12.3 Å². The Morgan fingerprint density at radius 2 is 2.35 bits per heavy atom. The Balaban J connectivity index is 2.76. The van der Waals surface area contributed by atoms with E-state index >= 15 is 0 Å². The lowest BCUT2D eigenvalue weighted by atomic mass is 10.1. The molecule has 0 saturated heterocycles. The van der Waals surface area contributed by atoms with Gasteiger partial charge < -0.3 is 5.32 Å². The van der Waals surface area contributed by atoms with Gasteiger partial charge in [0.25, 0.3) is 5.91 Å². The number of hydrogen-bond donors (Lipinski definition) is 1. The van der Waals surface area contributed by atoms with Crippen LogP contribution in [0.3, 0.4) is 0 Å². The van der Waals surface area contributed by atoms with Gasteiger partial charge in [-0.1, -0.05) is 18.5 Å². The number of benzene rings is 1. The van der Waals surface area contributed by atoms with Gasteiger partial charge in [-0.05, 0) is 47.2 Å². The zero-order valence-corrected chi connectivity index (χ0v) is 12.4. The van der Waals surface area contributed by atoms with E-state index in [0.29, 0.717) is 17.0 Å². The van der Waals surface area contributed by atoms with Crippen molar-refractivity contribution in [1.82, 2.24) is 5.32 Å². The molecule has 0 aliphatic carbocycles. The maximum Gasteiger partial charge on any atom is 0.251 e. The third-order valence-corrected chi connectivity index (χ3v) is 3.95. The molecule has 1 aromatic carbocycles. The van der Waals surface area contributed by atoms with Gasteiger partial charge in [0.1, 0.15) is 0 Å². The number of terminal acetylenes is 1. The van der Waals surface area contributed by atoms with Crippen LogP contribution in [0.1, 0.15) is 30.1 Å². The first-order valence-electron chi connectivity index (χ1n) is 5.27. The monoisotopic (exact) mass is 361 g/mol. The van der Waals surface area contributed by atoms with Crippen LogP contribution in [0.25, 0.3) is 0 Å². The lowest BCUT2D eigenvalue weighted by Gasteiger charge is -2.14. The molecule has 1 N–H and O–H groups in total. The molecule has 0 spiro atoms. The Bertz CT molecular complexity index is 453. The average Bonchev–Trinajstić information content (AvgIpc) is 2.31. The first-order valence-corrected chi connectivity index (χ1v) is 6.73. The van der Waals surface area contributed by atoms with Crippen molar-refractivity contribution >= 4 is 40.1 Å². The summed E-state index contributed by atoms with van der Waals surface area (Å²) < 4.78 is 0.927. The molecule has 0 heterocycles. The second kappa shape index (κ2) is 6.87. The van der Waals surface area contributed by atoms with Crippen molar-refractivity contribution in [3.63, 3.8) is 0 Å². The van der Waals surface area contributed by atoms with E-state index in [4.69, 9.17) is 18.0 Å². The van der Waals surface area contributed by atoms with Gasteiger partial charge >= 0.3 is 0 Å². The Labute approximate surface area is 120 Å². The fraction of sp³-hybridized carbons (Fsp3) is 0.308. The molecule has 0 aliphatic rings.